The Balaban J connectivity index is 1.32. The van der Waals surface area contributed by atoms with Crippen LogP contribution >= 0.6 is 0 Å². The van der Waals surface area contributed by atoms with Crippen molar-refractivity contribution in [2.45, 2.75) is 26.4 Å². The molecule has 2 aromatic carbocycles. The number of fused-ring (bicyclic) bond motifs is 1. The average Bonchev–Trinajstić information content (AvgIpc) is 3.09. The molecule has 1 aliphatic heterocycles. The maximum Gasteiger partial charge on any atom is 0.323 e. The summed E-state index contributed by atoms with van der Waals surface area (Å²) >= 11 is 0. The van der Waals surface area contributed by atoms with Crippen molar-refractivity contribution in [3.63, 3.8) is 0 Å². The van der Waals surface area contributed by atoms with E-state index in [4.69, 9.17) is 0 Å². The largest absolute Gasteiger partial charge is 0.325 e. The van der Waals surface area contributed by atoms with E-state index in [-0.39, 0.29) is 17.6 Å². The maximum atomic E-state index is 12.7. The smallest absolute Gasteiger partial charge is 0.323 e. The van der Waals surface area contributed by atoms with Gasteiger partial charge in [-0.2, -0.15) is 0 Å². The Morgan fingerprint density at radius 2 is 1.79 bits per heavy atom. The molecule has 4 rings (SSSR count). The second kappa shape index (κ2) is 8.23. The van der Waals surface area contributed by atoms with Crippen molar-refractivity contribution in [2.24, 2.45) is 0 Å². The molecule has 0 aliphatic carbocycles. The number of aromatic amines is 2. The molecule has 1 fully saturated rings. The minimum Gasteiger partial charge on any atom is -0.325 e. The van der Waals surface area contributed by atoms with Crippen LogP contribution in [0.5, 0.6) is 0 Å². The van der Waals surface area contributed by atoms with Crippen LogP contribution in [-0.2, 0) is 11.3 Å². The van der Waals surface area contributed by atoms with Crippen molar-refractivity contribution in [1.82, 2.24) is 19.8 Å². The third-order valence-electron chi connectivity index (χ3n) is 5.77. The quantitative estimate of drug-likeness (QED) is 0.621. The summed E-state index contributed by atoms with van der Waals surface area (Å²) in [4.78, 5) is 34.2. The van der Waals surface area contributed by atoms with E-state index in [0.717, 1.165) is 38.2 Å². The van der Waals surface area contributed by atoms with Crippen LogP contribution in [0.25, 0.3) is 11.0 Å². The van der Waals surface area contributed by atoms with Gasteiger partial charge in [0.25, 0.3) is 0 Å². The predicted octanol–water partition coefficient (Wildman–Crippen LogP) is 2.31. The van der Waals surface area contributed by atoms with Crippen molar-refractivity contribution in [3.05, 3.63) is 64.1 Å². The number of hydrogen-bond donors (Lipinski definition) is 3. The summed E-state index contributed by atoms with van der Waals surface area (Å²) in [6, 6.07) is 13.7. The van der Waals surface area contributed by atoms with Gasteiger partial charge in [-0.3, -0.25) is 14.6 Å². The lowest BCUT2D eigenvalue weighted by atomic mass is 10.1. The van der Waals surface area contributed by atoms with Crippen LogP contribution in [0.15, 0.2) is 47.3 Å². The lowest BCUT2D eigenvalue weighted by Crippen LogP contribution is -2.52. The highest BCUT2D eigenvalue weighted by molar-refractivity contribution is 5.96. The number of carbonyl (C=O) groups is 1. The highest BCUT2D eigenvalue weighted by Gasteiger charge is 2.25. The molecule has 3 N–H and O–H groups in total. The number of carbonyl (C=O) groups excluding carboxylic acids is 1. The van der Waals surface area contributed by atoms with Crippen LogP contribution in [0.3, 0.4) is 0 Å². The molecule has 0 spiro atoms. The zero-order chi connectivity index (χ0) is 20.4. The molecule has 1 amide bonds. The normalized spacial score (nSPS) is 16.8. The molecule has 1 unspecified atom stereocenters. The number of hydrogen-bond acceptors (Lipinski definition) is 4. The third kappa shape index (κ3) is 4.41. The summed E-state index contributed by atoms with van der Waals surface area (Å²) < 4.78 is 0. The van der Waals surface area contributed by atoms with Crippen LogP contribution in [-0.4, -0.2) is 57.9 Å². The van der Waals surface area contributed by atoms with Crippen molar-refractivity contribution in [2.75, 3.05) is 31.5 Å². The number of anilines is 1. The van der Waals surface area contributed by atoms with E-state index in [1.807, 2.05) is 6.92 Å². The van der Waals surface area contributed by atoms with Crippen LogP contribution in [0.2, 0.25) is 0 Å². The van der Waals surface area contributed by atoms with Gasteiger partial charge >= 0.3 is 5.69 Å². The minimum atomic E-state index is -0.250. The predicted molar refractivity (Wildman–Crippen MR) is 115 cm³/mol. The van der Waals surface area contributed by atoms with Gasteiger partial charge in [-0.1, -0.05) is 24.3 Å². The summed E-state index contributed by atoms with van der Waals surface area (Å²) in [7, 11) is 0. The standard InChI is InChI=1S/C22H27N5O2/c1-15-5-3-4-6-17(15)14-26-9-11-27(12-10-26)16(2)21(28)23-18-7-8-19-20(13-18)25-22(29)24-19/h3-8,13,16H,9-12,14H2,1-2H3,(H,23,28)(H2,24,25,29). The Hall–Kier alpha value is -2.90. The molecule has 1 aliphatic rings. The van der Waals surface area contributed by atoms with Crippen LogP contribution in [0.4, 0.5) is 5.69 Å². The summed E-state index contributed by atoms with van der Waals surface area (Å²) in [6.45, 7) is 8.68. The van der Waals surface area contributed by atoms with Gasteiger partial charge in [-0.05, 0) is 43.2 Å². The minimum absolute atomic E-state index is 0.0328. The SMILES string of the molecule is Cc1ccccc1CN1CCN(C(C)C(=O)Nc2ccc3[nH]c(=O)[nH]c3c2)CC1. The lowest BCUT2D eigenvalue weighted by Gasteiger charge is -2.37. The Bertz CT molecular complexity index is 1060. The van der Waals surface area contributed by atoms with E-state index in [2.05, 4.69) is 56.3 Å². The van der Waals surface area contributed by atoms with Crippen molar-refractivity contribution in [1.29, 1.82) is 0 Å². The second-order valence-electron chi connectivity index (χ2n) is 7.74. The molecule has 7 heteroatoms. The number of piperazine rings is 1. The number of amides is 1. The highest BCUT2D eigenvalue weighted by Crippen LogP contribution is 2.17. The van der Waals surface area contributed by atoms with Gasteiger partial charge in [0.15, 0.2) is 0 Å². The average molecular weight is 393 g/mol. The Morgan fingerprint density at radius 3 is 2.55 bits per heavy atom. The summed E-state index contributed by atoms with van der Waals surface area (Å²) in [5.41, 5.74) is 4.53. The number of aromatic nitrogens is 2. The topological polar surface area (TPSA) is 84.2 Å². The molecule has 2 heterocycles. The first-order valence-electron chi connectivity index (χ1n) is 10.0. The number of nitrogens with zero attached hydrogens (tertiary/aromatic N) is 2. The van der Waals surface area contributed by atoms with Gasteiger partial charge in [0, 0.05) is 38.4 Å². The molecule has 1 atom stereocenters. The van der Waals surface area contributed by atoms with Crippen molar-refractivity contribution >= 4 is 22.6 Å². The summed E-state index contributed by atoms with van der Waals surface area (Å²) in [5, 5.41) is 2.97. The molecule has 0 radical (unpaired) electrons. The highest BCUT2D eigenvalue weighted by atomic mass is 16.2. The molecule has 1 saturated heterocycles. The molecule has 3 aromatic rings. The number of aryl methyl sites for hydroxylation is 1. The molecule has 0 bridgehead atoms. The molecule has 0 saturated carbocycles. The van der Waals surface area contributed by atoms with Gasteiger partial charge in [0.05, 0.1) is 17.1 Å². The van der Waals surface area contributed by atoms with Crippen LogP contribution in [0.1, 0.15) is 18.1 Å². The van der Waals surface area contributed by atoms with Crippen molar-refractivity contribution < 1.29 is 4.79 Å². The van der Waals surface area contributed by atoms with Crippen LogP contribution < -0.4 is 11.0 Å². The van der Waals surface area contributed by atoms with E-state index in [1.54, 1.807) is 18.2 Å². The maximum absolute atomic E-state index is 12.7. The first-order valence-corrected chi connectivity index (χ1v) is 10.0. The Morgan fingerprint density at radius 1 is 1.07 bits per heavy atom. The number of benzene rings is 2. The number of rotatable bonds is 5. The van der Waals surface area contributed by atoms with E-state index in [1.165, 1.54) is 11.1 Å². The van der Waals surface area contributed by atoms with E-state index >= 15 is 0 Å². The Labute approximate surface area is 169 Å². The zero-order valence-corrected chi connectivity index (χ0v) is 16.9. The van der Waals surface area contributed by atoms with Gasteiger partial charge in [-0.25, -0.2) is 4.79 Å². The summed E-state index contributed by atoms with van der Waals surface area (Å²) in [5.74, 6) is -0.0328. The van der Waals surface area contributed by atoms with E-state index in [0.29, 0.717) is 11.2 Å². The van der Waals surface area contributed by atoms with Crippen molar-refractivity contribution in [3.8, 4) is 0 Å². The molecule has 1 aromatic heterocycles. The second-order valence-corrected chi connectivity index (χ2v) is 7.74. The number of nitrogens with one attached hydrogen (secondary N) is 3. The zero-order valence-electron chi connectivity index (χ0n) is 16.9. The molecule has 29 heavy (non-hydrogen) atoms. The van der Waals surface area contributed by atoms with Gasteiger partial charge in [0.2, 0.25) is 5.91 Å². The monoisotopic (exact) mass is 393 g/mol. The summed E-state index contributed by atoms with van der Waals surface area (Å²) in [6.07, 6.45) is 0. The fraction of sp³-hybridized carbons (Fsp3) is 0.364. The molecular weight excluding hydrogens is 366 g/mol. The lowest BCUT2D eigenvalue weighted by molar-refractivity contribution is -0.121. The number of imidazole rings is 1. The van der Waals surface area contributed by atoms with Gasteiger partial charge in [0.1, 0.15) is 0 Å². The number of H-pyrrole nitrogens is 2. The van der Waals surface area contributed by atoms with E-state index < -0.39 is 0 Å². The molecular formula is C22H27N5O2. The fourth-order valence-corrected chi connectivity index (χ4v) is 3.86. The fourth-order valence-electron chi connectivity index (χ4n) is 3.86. The van der Waals surface area contributed by atoms with E-state index in [9.17, 15) is 9.59 Å². The van der Waals surface area contributed by atoms with Gasteiger partial charge in [-0.15, -0.1) is 0 Å². The van der Waals surface area contributed by atoms with Crippen LogP contribution in [0, 0.1) is 6.92 Å². The Kier molecular flexibility index (Phi) is 5.51. The molecule has 152 valence electrons. The molecule has 7 nitrogen and oxygen atoms in total. The first-order chi connectivity index (χ1) is 14.0. The third-order valence-corrected chi connectivity index (χ3v) is 5.77. The van der Waals surface area contributed by atoms with Gasteiger partial charge < -0.3 is 15.3 Å². The first kappa shape index (κ1) is 19.4.